The molecule has 2 aromatic carbocycles. The fraction of sp³-hybridized carbons (Fsp3) is 0.545. The molecule has 4 fully saturated rings. The van der Waals surface area contributed by atoms with Crippen molar-refractivity contribution in [2.45, 2.75) is 65.6 Å². The molecule has 1 aromatic heterocycles. The number of guanidine groups is 1. The lowest BCUT2D eigenvalue weighted by Gasteiger charge is -2.61. The minimum Gasteiger partial charge on any atom is -0.340 e. The van der Waals surface area contributed by atoms with Crippen LogP contribution in [0.1, 0.15) is 46.1 Å². The van der Waals surface area contributed by atoms with E-state index in [-0.39, 0.29) is 29.7 Å². The average molecular weight is 575 g/mol. The van der Waals surface area contributed by atoms with Crippen molar-refractivity contribution in [1.82, 2.24) is 19.4 Å². The molecule has 0 spiro atoms. The molecular formula is C33H43FN6O2. The van der Waals surface area contributed by atoms with Crippen LogP contribution in [-0.4, -0.2) is 51.7 Å². The first-order valence-electron chi connectivity index (χ1n) is 15.3. The Morgan fingerprint density at radius 3 is 2.57 bits per heavy atom. The molecule has 1 saturated heterocycles. The summed E-state index contributed by atoms with van der Waals surface area (Å²) in [7, 11) is 1.70. The van der Waals surface area contributed by atoms with Gasteiger partial charge in [0.15, 0.2) is 5.96 Å². The zero-order chi connectivity index (χ0) is 29.8. The molecule has 3 aromatic rings. The van der Waals surface area contributed by atoms with Gasteiger partial charge >= 0.3 is 5.69 Å². The van der Waals surface area contributed by atoms with Gasteiger partial charge in [-0.2, -0.15) is 0 Å². The minimum absolute atomic E-state index is 0.226. The molecule has 0 amide bonds. The van der Waals surface area contributed by atoms with Crippen LogP contribution >= 0.6 is 0 Å². The van der Waals surface area contributed by atoms with Crippen LogP contribution in [0.15, 0.2) is 57.0 Å². The van der Waals surface area contributed by atoms with Crippen molar-refractivity contribution in [3.63, 3.8) is 0 Å². The van der Waals surface area contributed by atoms with E-state index in [1.54, 1.807) is 25.2 Å². The van der Waals surface area contributed by atoms with Crippen LogP contribution in [0.3, 0.4) is 0 Å². The number of aliphatic imine (C=N–C) groups is 1. The molecule has 1 unspecified atom stereocenters. The molecule has 7 rings (SSSR count). The predicted octanol–water partition coefficient (Wildman–Crippen LogP) is 4.21. The van der Waals surface area contributed by atoms with Gasteiger partial charge < -0.3 is 15.5 Å². The van der Waals surface area contributed by atoms with Gasteiger partial charge in [0.2, 0.25) is 0 Å². The predicted molar refractivity (Wildman–Crippen MR) is 167 cm³/mol. The first-order valence-corrected chi connectivity index (χ1v) is 15.3. The van der Waals surface area contributed by atoms with E-state index in [1.807, 2.05) is 12.1 Å². The van der Waals surface area contributed by atoms with Gasteiger partial charge in [0, 0.05) is 45.0 Å². The minimum atomic E-state index is -0.366. The second-order valence-corrected chi connectivity index (χ2v) is 13.3. The number of nitrogens with zero attached hydrogens (tertiary/aromatic N) is 4. The Bertz CT molecular complexity index is 1620. The zero-order valence-electron chi connectivity index (χ0n) is 25.4. The van der Waals surface area contributed by atoms with Crippen LogP contribution in [0, 0.1) is 29.0 Å². The first kappa shape index (κ1) is 28.6. The third-order valence-electron chi connectivity index (χ3n) is 10.4. The highest BCUT2D eigenvalue weighted by molar-refractivity contribution is 5.96. The summed E-state index contributed by atoms with van der Waals surface area (Å²) in [4.78, 5) is 34.4. The maximum absolute atomic E-state index is 13.4. The number of rotatable bonds is 5. The Balaban J connectivity index is 1.29. The van der Waals surface area contributed by atoms with E-state index in [4.69, 9.17) is 4.99 Å². The number of aromatic nitrogens is 2. The van der Waals surface area contributed by atoms with Crippen LogP contribution in [0.25, 0.3) is 10.9 Å². The topological polar surface area (TPSA) is 83.7 Å². The van der Waals surface area contributed by atoms with Crippen LogP contribution in [-0.2, 0) is 20.0 Å². The lowest BCUT2D eigenvalue weighted by molar-refractivity contribution is -0.108. The highest BCUT2D eigenvalue weighted by atomic mass is 19.1. The van der Waals surface area contributed by atoms with Crippen LogP contribution < -0.4 is 21.9 Å². The first-order chi connectivity index (χ1) is 20.0. The number of hydrogen-bond acceptors (Lipinski definition) is 4. The van der Waals surface area contributed by atoms with Gasteiger partial charge in [-0.3, -0.25) is 13.9 Å². The van der Waals surface area contributed by atoms with Crippen molar-refractivity contribution < 1.29 is 4.39 Å². The molecule has 4 aliphatic rings. The SMILES string of the molecule is C[C@H]1CN(C(=NC2C[C@@H]3C[C@@H]([C@H]2C)C3(C)C)Nc2ccc3c(=O)n(CCc4ccc(F)cc4)c(=O)n(C)c3c2)CCN1. The van der Waals surface area contributed by atoms with Gasteiger partial charge in [0.05, 0.1) is 16.9 Å². The maximum Gasteiger partial charge on any atom is 0.331 e. The van der Waals surface area contributed by atoms with E-state index in [0.29, 0.717) is 40.6 Å². The van der Waals surface area contributed by atoms with Gasteiger partial charge in [-0.25, -0.2) is 14.2 Å². The Kier molecular flexibility index (Phi) is 7.50. The molecule has 2 heterocycles. The Morgan fingerprint density at radius 2 is 1.88 bits per heavy atom. The van der Waals surface area contributed by atoms with E-state index < -0.39 is 0 Å². The van der Waals surface area contributed by atoms with E-state index in [2.05, 4.69) is 43.2 Å². The number of aryl methyl sites for hydroxylation is 2. The number of hydrogen-bond donors (Lipinski definition) is 2. The second kappa shape index (κ2) is 11.0. The number of halogens is 1. The van der Waals surface area contributed by atoms with Crippen molar-refractivity contribution in [3.8, 4) is 0 Å². The summed E-state index contributed by atoms with van der Waals surface area (Å²) in [6, 6.07) is 12.4. The van der Waals surface area contributed by atoms with Crippen LogP contribution in [0.4, 0.5) is 10.1 Å². The molecule has 9 heteroatoms. The summed E-state index contributed by atoms with van der Waals surface area (Å²) in [6.07, 6.45) is 2.89. The van der Waals surface area contributed by atoms with Crippen molar-refractivity contribution in [2.75, 3.05) is 25.0 Å². The number of fused-ring (bicyclic) bond motifs is 3. The lowest BCUT2D eigenvalue weighted by atomic mass is 9.45. The van der Waals surface area contributed by atoms with Gasteiger partial charge in [-0.15, -0.1) is 0 Å². The molecule has 42 heavy (non-hydrogen) atoms. The molecule has 3 saturated carbocycles. The van der Waals surface area contributed by atoms with Crippen LogP contribution in [0.5, 0.6) is 0 Å². The van der Waals surface area contributed by atoms with Crippen LogP contribution in [0.2, 0.25) is 0 Å². The summed E-state index contributed by atoms with van der Waals surface area (Å²) in [6.45, 7) is 12.2. The van der Waals surface area contributed by atoms with Crippen molar-refractivity contribution in [3.05, 3.63) is 74.7 Å². The van der Waals surface area contributed by atoms with Gasteiger partial charge in [-0.1, -0.05) is 32.9 Å². The Morgan fingerprint density at radius 1 is 1.12 bits per heavy atom. The highest BCUT2D eigenvalue weighted by Crippen LogP contribution is 2.61. The summed E-state index contributed by atoms with van der Waals surface area (Å²) in [5.41, 5.74) is 1.97. The molecule has 0 radical (unpaired) electrons. The molecule has 3 aliphatic carbocycles. The van der Waals surface area contributed by atoms with Crippen molar-refractivity contribution in [1.29, 1.82) is 0 Å². The third kappa shape index (κ3) is 5.16. The third-order valence-corrected chi connectivity index (χ3v) is 10.4. The normalized spacial score (nSPS) is 27.1. The Hall–Kier alpha value is -3.46. The van der Waals surface area contributed by atoms with Gasteiger partial charge in [0.1, 0.15) is 5.82 Å². The lowest BCUT2D eigenvalue weighted by Crippen LogP contribution is -2.57. The maximum atomic E-state index is 13.4. The molecule has 2 bridgehead atoms. The molecular weight excluding hydrogens is 531 g/mol. The van der Waals surface area contributed by atoms with Gasteiger partial charge in [0.25, 0.3) is 5.56 Å². The smallest absolute Gasteiger partial charge is 0.331 e. The summed E-state index contributed by atoms with van der Waals surface area (Å²) >= 11 is 0. The van der Waals surface area contributed by atoms with E-state index in [0.717, 1.165) is 49.2 Å². The zero-order valence-corrected chi connectivity index (χ0v) is 25.4. The van der Waals surface area contributed by atoms with E-state index in [1.165, 1.54) is 27.7 Å². The molecule has 8 nitrogen and oxygen atoms in total. The number of benzene rings is 2. The quantitative estimate of drug-likeness (QED) is 0.352. The molecule has 224 valence electrons. The Labute approximate surface area is 246 Å². The highest BCUT2D eigenvalue weighted by Gasteiger charge is 2.56. The summed E-state index contributed by atoms with van der Waals surface area (Å²) in [5, 5.41) is 7.61. The fourth-order valence-corrected chi connectivity index (χ4v) is 7.57. The average Bonchev–Trinajstić information content (AvgIpc) is 2.97. The number of anilines is 1. The monoisotopic (exact) mass is 574 g/mol. The summed E-state index contributed by atoms with van der Waals surface area (Å²) in [5.74, 6) is 2.50. The fourth-order valence-electron chi connectivity index (χ4n) is 7.57. The molecule has 1 aliphatic heterocycles. The summed E-state index contributed by atoms with van der Waals surface area (Å²) < 4.78 is 16.1. The number of nitrogens with one attached hydrogen (secondary N) is 2. The number of piperazine rings is 1. The second-order valence-electron chi connectivity index (χ2n) is 13.3. The molecule has 5 atom stereocenters. The van der Waals surface area contributed by atoms with Crippen molar-refractivity contribution in [2.24, 2.45) is 35.2 Å². The largest absolute Gasteiger partial charge is 0.340 e. The van der Waals surface area contributed by atoms with E-state index in [9.17, 15) is 14.0 Å². The standard InChI is InChI=1S/C33H43FN6O2/c1-20-19-39(15-13-35-20)31(37-28-17-23-16-27(21(28)2)33(23,3)4)36-25-10-11-26-29(18-25)38(5)32(42)40(30(26)41)14-12-22-6-8-24(34)9-7-22/h6-11,18,20-21,23,27-28,35H,12-17,19H2,1-5H3,(H,36,37)/t20-,21+,23-,27-,28?/m0/s1. The van der Waals surface area contributed by atoms with E-state index >= 15 is 0 Å². The van der Waals surface area contributed by atoms with Crippen molar-refractivity contribution >= 4 is 22.5 Å². The van der Waals surface area contributed by atoms with Gasteiger partial charge in [-0.05, 0) is 85.3 Å². The molecule has 2 N–H and O–H groups in total.